The lowest BCUT2D eigenvalue weighted by Gasteiger charge is -2.16. The van der Waals surface area contributed by atoms with E-state index in [1.54, 1.807) is 31.3 Å². The van der Waals surface area contributed by atoms with Crippen LogP contribution in [0.25, 0.3) is 0 Å². The molecule has 7 heteroatoms. The molecule has 3 amide bonds. The first-order valence-corrected chi connectivity index (χ1v) is 8.38. The summed E-state index contributed by atoms with van der Waals surface area (Å²) in [5.41, 5.74) is 1.08. The molecule has 0 aliphatic carbocycles. The standard InChI is InChI=1S/C18H22N2O5/c1-24-9-3-7-20-17(22)14-5-4-12(10-15(14)18(20)23)16(21)19-8-6-13(11-19)25-2/h4-5,10,13H,3,6-9,11H2,1-2H3. The molecule has 0 N–H and O–H groups in total. The quantitative estimate of drug-likeness (QED) is 0.571. The summed E-state index contributed by atoms with van der Waals surface area (Å²) in [6.07, 6.45) is 1.44. The van der Waals surface area contributed by atoms with Crippen LogP contribution >= 0.6 is 0 Å². The predicted octanol–water partition coefficient (Wildman–Crippen LogP) is 1.18. The second-order valence-electron chi connectivity index (χ2n) is 6.27. The average molecular weight is 346 g/mol. The van der Waals surface area contributed by atoms with Gasteiger partial charge in [0.15, 0.2) is 0 Å². The number of amides is 3. The summed E-state index contributed by atoms with van der Waals surface area (Å²) in [4.78, 5) is 40.5. The minimum atomic E-state index is -0.345. The number of carbonyl (C=O) groups excluding carboxylic acids is 3. The molecule has 0 spiro atoms. The van der Waals surface area contributed by atoms with Gasteiger partial charge in [-0.3, -0.25) is 19.3 Å². The smallest absolute Gasteiger partial charge is 0.261 e. The van der Waals surface area contributed by atoms with E-state index in [1.807, 2.05) is 0 Å². The van der Waals surface area contributed by atoms with Gasteiger partial charge in [0.05, 0.1) is 17.2 Å². The van der Waals surface area contributed by atoms with E-state index in [4.69, 9.17) is 9.47 Å². The lowest BCUT2D eigenvalue weighted by Crippen LogP contribution is -2.31. The highest BCUT2D eigenvalue weighted by atomic mass is 16.5. The summed E-state index contributed by atoms with van der Waals surface area (Å²) in [6, 6.07) is 4.72. The molecule has 1 fully saturated rings. The van der Waals surface area contributed by atoms with Crippen molar-refractivity contribution in [1.82, 2.24) is 9.80 Å². The molecule has 0 bridgehead atoms. The summed E-state index contributed by atoms with van der Waals surface area (Å²) in [5, 5.41) is 0. The van der Waals surface area contributed by atoms with Gasteiger partial charge in [0.1, 0.15) is 0 Å². The minimum absolute atomic E-state index is 0.0536. The largest absolute Gasteiger partial charge is 0.385 e. The van der Waals surface area contributed by atoms with E-state index in [9.17, 15) is 14.4 Å². The van der Waals surface area contributed by atoms with Crippen LogP contribution in [0, 0.1) is 0 Å². The SMILES string of the molecule is COCCCN1C(=O)c2ccc(C(=O)N3CCC(OC)C3)cc2C1=O. The maximum atomic E-state index is 12.6. The Morgan fingerprint density at radius 3 is 2.64 bits per heavy atom. The van der Waals surface area contributed by atoms with E-state index < -0.39 is 0 Å². The summed E-state index contributed by atoms with van der Waals surface area (Å²) in [5.74, 6) is -0.793. The van der Waals surface area contributed by atoms with E-state index in [-0.39, 0.29) is 23.8 Å². The van der Waals surface area contributed by atoms with Crippen molar-refractivity contribution in [2.24, 2.45) is 0 Å². The van der Waals surface area contributed by atoms with Gasteiger partial charge >= 0.3 is 0 Å². The van der Waals surface area contributed by atoms with Gasteiger partial charge in [0, 0.05) is 46.0 Å². The number of benzene rings is 1. The Bertz CT molecular complexity index is 703. The van der Waals surface area contributed by atoms with Crippen molar-refractivity contribution in [3.63, 3.8) is 0 Å². The number of imide groups is 1. The van der Waals surface area contributed by atoms with Crippen LogP contribution in [0.15, 0.2) is 18.2 Å². The zero-order valence-electron chi connectivity index (χ0n) is 14.5. The Morgan fingerprint density at radius 1 is 1.20 bits per heavy atom. The predicted molar refractivity (Wildman–Crippen MR) is 89.6 cm³/mol. The highest BCUT2D eigenvalue weighted by Gasteiger charge is 2.36. The Kier molecular flexibility index (Phi) is 5.15. The third-order valence-corrected chi connectivity index (χ3v) is 4.71. The molecule has 0 radical (unpaired) electrons. The molecule has 1 unspecified atom stereocenters. The van der Waals surface area contributed by atoms with Gasteiger partial charge in [0.2, 0.25) is 0 Å². The van der Waals surface area contributed by atoms with E-state index >= 15 is 0 Å². The van der Waals surface area contributed by atoms with Crippen molar-refractivity contribution in [2.45, 2.75) is 18.9 Å². The van der Waals surface area contributed by atoms with Crippen molar-refractivity contribution >= 4 is 17.7 Å². The third-order valence-electron chi connectivity index (χ3n) is 4.71. The first-order chi connectivity index (χ1) is 12.1. The molecule has 1 aromatic carbocycles. The van der Waals surface area contributed by atoms with Crippen LogP contribution in [0.4, 0.5) is 0 Å². The molecular formula is C18H22N2O5. The van der Waals surface area contributed by atoms with Crippen molar-refractivity contribution in [1.29, 1.82) is 0 Å². The van der Waals surface area contributed by atoms with Crippen molar-refractivity contribution < 1.29 is 23.9 Å². The number of nitrogens with zero attached hydrogens (tertiary/aromatic N) is 2. The topological polar surface area (TPSA) is 76.2 Å². The molecule has 2 aliphatic heterocycles. The molecular weight excluding hydrogens is 324 g/mol. The maximum absolute atomic E-state index is 12.6. The molecule has 134 valence electrons. The molecule has 25 heavy (non-hydrogen) atoms. The first-order valence-electron chi connectivity index (χ1n) is 8.38. The number of carbonyl (C=O) groups is 3. The number of hydrogen-bond acceptors (Lipinski definition) is 5. The molecule has 1 atom stereocenters. The van der Waals surface area contributed by atoms with Crippen LogP contribution in [0.5, 0.6) is 0 Å². The minimum Gasteiger partial charge on any atom is -0.385 e. The second-order valence-corrected chi connectivity index (χ2v) is 6.27. The molecule has 7 nitrogen and oxygen atoms in total. The number of ether oxygens (including phenoxy) is 2. The third kappa shape index (κ3) is 3.29. The molecule has 2 aliphatic rings. The van der Waals surface area contributed by atoms with Crippen molar-refractivity contribution in [2.75, 3.05) is 40.5 Å². The first kappa shape index (κ1) is 17.6. The van der Waals surface area contributed by atoms with Crippen LogP contribution < -0.4 is 0 Å². The monoisotopic (exact) mass is 346 g/mol. The Morgan fingerprint density at radius 2 is 1.96 bits per heavy atom. The number of hydrogen-bond donors (Lipinski definition) is 0. The summed E-state index contributed by atoms with van der Waals surface area (Å²) < 4.78 is 10.2. The molecule has 3 rings (SSSR count). The number of likely N-dealkylation sites (tertiary alicyclic amines) is 1. The zero-order chi connectivity index (χ0) is 18.0. The van der Waals surface area contributed by atoms with E-state index in [2.05, 4.69) is 0 Å². The van der Waals surface area contributed by atoms with E-state index in [0.717, 1.165) is 6.42 Å². The van der Waals surface area contributed by atoms with Gasteiger partial charge in [0.25, 0.3) is 17.7 Å². The zero-order valence-corrected chi connectivity index (χ0v) is 14.5. The van der Waals surface area contributed by atoms with Crippen molar-refractivity contribution in [3.8, 4) is 0 Å². The molecule has 2 heterocycles. The highest BCUT2D eigenvalue weighted by molar-refractivity contribution is 6.22. The number of rotatable bonds is 6. The van der Waals surface area contributed by atoms with Crippen LogP contribution in [0.2, 0.25) is 0 Å². The van der Waals surface area contributed by atoms with E-state index in [1.165, 1.54) is 11.0 Å². The normalized spacial score (nSPS) is 19.7. The highest BCUT2D eigenvalue weighted by Crippen LogP contribution is 2.25. The van der Waals surface area contributed by atoms with Gasteiger partial charge in [-0.25, -0.2) is 0 Å². The van der Waals surface area contributed by atoms with Crippen LogP contribution in [-0.2, 0) is 9.47 Å². The maximum Gasteiger partial charge on any atom is 0.261 e. The Labute approximate surface area is 146 Å². The van der Waals surface area contributed by atoms with Gasteiger partial charge in [-0.2, -0.15) is 0 Å². The van der Waals surface area contributed by atoms with Crippen LogP contribution in [0.1, 0.15) is 43.9 Å². The molecule has 0 saturated carbocycles. The van der Waals surface area contributed by atoms with Crippen LogP contribution in [-0.4, -0.2) is 74.1 Å². The van der Waals surface area contributed by atoms with Gasteiger partial charge in [-0.05, 0) is 31.0 Å². The second kappa shape index (κ2) is 7.33. The molecule has 1 aromatic rings. The van der Waals surface area contributed by atoms with E-state index in [0.29, 0.717) is 49.4 Å². The summed E-state index contributed by atoms with van der Waals surface area (Å²) in [7, 11) is 3.21. The van der Waals surface area contributed by atoms with Crippen LogP contribution in [0.3, 0.4) is 0 Å². The van der Waals surface area contributed by atoms with Gasteiger partial charge in [-0.15, -0.1) is 0 Å². The number of fused-ring (bicyclic) bond motifs is 1. The fraction of sp³-hybridized carbons (Fsp3) is 0.500. The lowest BCUT2D eigenvalue weighted by molar-refractivity contribution is 0.0638. The molecule has 0 aromatic heterocycles. The Hall–Kier alpha value is -2.25. The Balaban J connectivity index is 1.76. The fourth-order valence-electron chi connectivity index (χ4n) is 3.28. The number of methoxy groups -OCH3 is 2. The van der Waals surface area contributed by atoms with Gasteiger partial charge < -0.3 is 14.4 Å². The van der Waals surface area contributed by atoms with Gasteiger partial charge in [-0.1, -0.05) is 0 Å². The summed E-state index contributed by atoms with van der Waals surface area (Å²) >= 11 is 0. The lowest BCUT2D eigenvalue weighted by atomic mass is 10.0. The fourth-order valence-corrected chi connectivity index (χ4v) is 3.28. The van der Waals surface area contributed by atoms with Crippen molar-refractivity contribution in [3.05, 3.63) is 34.9 Å². The summed E-state index contributed by atoms with van der Waals surface area (Å²) in [6.45, 7) is 1.96. The average Bonchev–Trinajstić information content (AvgIpc) is 3.20. The molecule has 1 saturated heterocycles.